The number of fused-ring (bicyclic) bond motifs is 4. The van der Waals surface area contributed by atoms with Gasteiger partial charge in [0, 0.05) is 77.2 Å². The number of nitrogens with zero attached hydrogens (tertiary/aromatic N) is 3. The van der Waals surface area contributed by atoms with E-state index in [-0.39, 0.29) is 35.1 Å². The molecule has 3 heterocycles. The standard InChI is InChI=1S/C23H29NO4.C22H27NO4.C22H27NO2.C11H9BrO/c1-22(2,3)28-21(26)24-12-6-11-23(4,15-24)20(25)18-8-7-17-14-19(27-5)10-9-16(17)13-18;1-22(2,3)27-21(25)23-11-5-6-18(14-23)20(24)17-8-7-16-13-19(26-4)10-9-15(16)12-17;1-22(10-3-11-23(15-22)14-16-4-5-16)21(24)19-7-6-18-13-20(25-2)9-8-17(18)12-19;1-13-11-5-3-8-6-10(12)4-2-9(8)7-11/h7-10,13-14H,6,11-12,15H2,1-5H3;7-10,12-13,18H,5-6,11,14H2,1-4H3;6-9,12-13,16H,3-5,10-11,14-15H2,1-2H3;2-7H,1H3. The van der Waals surface area contributed by atoms with Gasteiger partial charge in [-0.3, -0.25) is 14.4 Å². The van der Waals surface area contributed by atoms with Crippen molar-refractivity contribution in [3.63, 3.8) is 0 Å². The summed E-state index contributed by atoms with van der Waals surface area (Å²) in [6.45, 7) is 20.5. The highest BCUT2D eigenvalue weighted by Crippen LogP contribution is 2.39. The fourth-order valence-corrected chi connectivity index (χ4v) is 13.1. The lowest BCUT2D eigenvalue weighted by Gasteiger charge is -2.39. The number of carbonyl (C=O) groups excluding carboxylic acids is 5. The van der Waals surface area contributed by atoms with Gasteiger partial charge in [-0.2, -0.15) is 0 Å². The number of rotatable bonds is 12. The molecule has 4 fully saturated rings. The molecule has 0 bridgehead atoms. The highest BCUT2D eigenvalue weighted by Gasteiger charge is 2.42. The molecule has 492 valence electrons. The average molecular weight is 1330 g/mol. The predicted molar refractivity (Wildman–Crippen MR) is 375 cm³/mol. The highest BCUT2D eigenvalue weighted by molar-refractivity contribution is 9.10. The van der Waals surface area contributed by atoms with E-state index in [9.17, 15) is 24.0 Å². The van der Waals surface area contributed by atoms with Gasteiger partial charge in [-0.15, -0.1) is 0 Å². The summed E-state index contributed by atoms with van der Waals surface area (Å²) >= 11 is 3.44. The van der Waals surface area contributed by atoms with Crippen LogP contribution >= 0.6 is 15.9 Å². The molecule has 8 aromatic rings. The van der Waals surface area contributed by atoms with Gasteiger partial charge in [0.05, 0.1) is 28.4 Å². The van der Waals surface area contributed by atoms with Gasteiger partial charge in [-0.1, -0.05) is 96.5 Å². The third kappa shape index (κ3) is 18.4. The molecule has 0 N–H and O–H groups in total. The summed E-state index contributed by atoms with van der Waals surface area (Å²) in [6.07, 6.45) is 7.30. The number of ketones is 3. The van der Waals surface area contributed by atoms with Crippen LogP contribution in [0.25, 0.3) is 43.1 Å². The van der Waals surface area contributed by atoms with Crippen LogP contribution in [-0.2, 0) is 9.47 Å². The van der Waals surface area contributed by atoms with Gasteiger partial charge in [0.25, 0.3) is 0 Å². The predicted octanol–water partition coefficient (Wildman–Crippen LogP) is 17.9. The third-order valence-corrected chi connectivity index (χ3v) is 18.3. The van der Waals surface area contributed by atoms with E-state index in [1.165, 1.54) is 30.2 Å². The van der Waals surface area contributed by atoms with Crippen LogP contribution in [-0.4, -0.2) is 130 Å². The molecular weight excluding hydrogens is 1230 g/mol. The topological polar surface area (TPSA) is 150 Å². The number of carbonyl (C=O) groups is 5. The summed E-state index contributed by atoms with van der Waals surface area (Å²) in [4.78, 5) is 70.3. The smallest absolute Gasteiger partial charge is 0.410 e. The molecule has 14 nitrogen and oxygen atoms in total. The monoisotopic (exact) mass is 1330 g/mol. The summed E-state index contributed by atoms with van der Waals surface area (Å²) in [5.41, 5.74) is 0.244. The van der Waals surface area contributed by atoms with Crippen molar-refractivity contribution in [2.45, 2.75) is 118 Å². The number of hydrogen-bond acceptors (Lipinski definition) is 12. The normalized spacial score (nSPS) is 19.2. The molecule has 0 aromatic heterocycles. The van der Waals surface area contributed by atoms with Crippen molar-refractivity contribution in [2.24, 2.45) is 22.7 Å². The third-order valence-electron chi connectivity index (χ3n) is 17.8. The van der Waals surface area contributed by atoms with E-state index in [0.29, 0.717) is 43.1 Å². The van der Waals surface area contributed by atoms with Gasteiger partial charge >= 0.3 is 12.2 Å². The molecule has 4 aliphatic rings. The summed E-state index contributed by atoms with van der Waals surface area (Å²) in [7, 11) is 6.63. The van der Waals surface area contributed by atoms with Crippen LogP contribution < -0.4 is 18.9 Å². The number of benzene rings is 8. The lowest BCUT2D eigenvalue weighted by molar-refractivity contribution is 0.00833. The Hall–Kier alpha value is -8.01. The number of methoxy groups -OCH3 is 4. The molecule has 15 heteroatoms. The van der Waals surface area contributed by atoms with Crippen molar-refractivity contribution in [3.05, 3.63) is 167 Å². The highest BCUT2D eigenvalue weighted by atomic mass is 79.9. The minimum absolute atomic E-state index is 0.0680. The first kappa shape index (κ1) is 69.3. The number of Topliss-reactive ketones (excluding diaryl/α,β-unsaturated/α-hetero) is 3. The molecule has 93 heavy (non-hydrogen) atoms. The van der Waals surface area contributed by atoms with Gasteiger partial charge < -0.3 is 43.1 Å². The molecule has 3 unspecified atom stereocenters. The summed E-state index contributed by atoms with van der Waals surface area (Å²) < 4.78 is 33.0. The number of halogens is 1. The Morgan fingerprint density at radius 3 is 1.28 bits per heavy atom. The number of piperidine rings is 3. The Balaban J connectivity index is 0.000000150. The summed E-state index contributed by atoms with van der Waals surface area (Å²) in [6, 6.07) is 47.4. The number of hydrogen-bond donors (Lipinski definition) is 0. The zero-order valence-electron chi connectivity index (χ0n) is 56.3. The first-order valence-electron chi connectivity index (χ1n) is 32.5. The van der Waals surface area contributed by atoms with Gasteiger partial charge in [-0.05, 0) is 227 Å². The molecule has 8 aromatic carbocycles. The van der Waals surface area contributed by atoms with Gasteiger partial charge in [0.1, 0.15) is 34.2 Å². The Morgan fingerprint density at radius 2 is 0.828 bits per heavy atom. The van der Waals surface area contributed by atoms with Gasteiger partial charge in [0.2, 0.25) is 0 Å². The van der Waals surface area contributed by atoms with Crippen LogP contribution in [0.15, 0.2) is 150 Å². The van der Waals surface area contributed by atoms with Crippen LogP contribution in [0.1, 0.15) is 138 Å². The lowest BCUT2D eigenvalue weighted by Crippen LogP contribution is -2.49. The fourth-order valence-electron chi connectivity index (χ4n) is 12.7. The van der Waals surface area contributed by atoms with E-state index in [2.05, 4.69) is 46.0 Å². The van der Waals surface area contributed by atoms with E-state index in [1.807, 2.05) is 176 Å². The minimum atomic E-state index is -0.616. The molecule has 0 radical (unpaired) electrons. The molecular formula is C78H92BrN3O11. The quantitative estimate of drug-likeness (QED) is 0.107. The minimum Gasteiger partial charge on any atom is -0.497 e. The lowest BCUT2D eigenvalue weighted by atomic mass is 9.75. The van der Waals surface area contributed by atoms with E-state index in [1.54, 1.807) is 38.2 Å². The molecule has 3 saturated heterocycles. The van der Waals surface area contributed by atoms with Crippen molar-refractivity contribution in [1.82, 2.24) is 14.7 Å². The Labute approximate surface area is 557 Å². The molecule has 2 amide bonds. The van der Waals surface area contributed by atoms with Crippen LogP contribution in [0.2, 0.25) is 0 Å². The second kappa shape index (κ2) is 29.9. The van der Waals surface area contributed by atoms with Crippen LogP contribution in [0, 0.1) is 22.7 Å². The number of ether oxygens (including phenoxy) is 6. The maximum absolute atomic E-state index is 13.3. The molecule has 1 aliphatic carbocycles. The van der Waals surface area contributed by atoms with Gasteiger partial charge in [-0.25, -0.2) is 9.59 Å². The SMILES string of the molecule is COc1ccc2cc(Br)ccc2c1.COc1ccc2cc(C(=O)C3(C)CCCN(C(=O)OC(C)(C)C)C3)ccc2c1.COc1ccc2cc(C(=O)C3(C)CCCN(CC4CC4)C3)ccc2c1.COc1ccc2cc(C(=O)C3CCCN(C(=O)OC(C)(C)C)C3)ccc2c1. The largest absolute Gasteiger partial charge is 0.497 e. The zero-order valence-corrected chi connectivity index (χ0v) is 57.9. The number of likely N-dealkylation sites (tertiary alicyclic amines) is 3. The van der Waals surface area contributed by atoms with Crippen molar-refractivity contribution in [3.8, 4) is 23.0 Å². The van der Waals surface area contributed by atoms with E-state index < -0.39 is 16.6 Å². The average Bonchev–Trinajstić information content (AvgIpc) is 1.64. The second-order valence-corrected chi connectivity index (χ2v) is 28.8. The number of amides is 2. The van der Waals surface area contributed by atoms with E-state index in [0.717, 1.165) is 123 Å². The Morgan fingerprint density at radius 1 is 0.452 bits per heavy atom. The van der Waals surface area contributed by atoms with E-state index >= 15 is 0 Å². The molecule has 3 aliphatic heterocycles. The summed E-state index contributed by atoms with van der Waals surface area (Å²) in [5, 5.41) is 8.68. The van der Waals surface area contributed by atoms with Crippen LogP contribution in [0.3, 0.4) is 0 Å². The zero-order chi connectivity index (χ0) is 66.8. The molecule has 0 spiro atoms. The fraction of sp³-hybridized carbons (Fsp3) is 0.423. The van der Waals surface area contributed by atoms with Crippen molar-refractivity contribution < 1.29 is 52.4 Å². The summed E-state index contributed by atoms with van der Waals surface area (Å²) in [5.74, 6) is 4.47. The molecule has 1 saturated carbocycles. The first-order valence-corrected chi connectivity index (χ1v) is 33.3. The van der Waals surface area contributed by atoms with Crippen LogP contribution in [0.4, 0.5) is 9.59 Å². The maximum Gasteiger partial charge on any atom is 0.410 e. The second-order valence-electron chi connectivity index (χ2n) is 27.8. The van der Waals surface area contributed by atoms with Gasteiger partial charge in [0.15, 0.2) is 17.3 Å². The van der Waals surface area contributed by atoms with Crippen LogP contribution in [0.5, 0.6) is 23.0 Å². The van der Waals surface area contributed by atoms with Crippen molar-refractivity contribution >= 4 is 88.6 Å². The first-order chi connectivity index (χ1) is 44.2. The van der Waals surface area contributed by atoms with E-state index in [4.69, 9.17) is 28.4 Å². The van der Waals surface area contributed by atoms with Crippen molar-refractivity contribution in [2.75, 3.05) is 74.3 Å². The Kier molecular flexibility index (Phi) is 22.3. The van der Waals surface area contributed by atoms with Crippen molar-refractivity contribution in [1.29, 1.82) is 0 Å². The maximum atomic E-state index is 13.3. The molecule has 3 atom stereocenters. The Bertz CT molecular complexity index is 4000. The molecule has 12 rings (SSSR count).